The van der Waals surface area contributed by atoms with Crippen LogP contribution in [0.5, 0.6) is 0 Å². The van der Waals surface area contributed by atoms with Gasteiger partial charge in [0.05, 0.1) is 16.0 Å². The van der Waals surface area contributed by atoms with E-state index in [2.05, 4.69) is 9.80 Å². The van der Waals surface area contributed by atoms with Crippen LogP contribution in [0.4, 0.5) is 0 Å². The Kier molecular flexibility index (Phi) is 3.31. The summed E-state index contributed by atoms with van der Waals surface area (Å²) in [5.74, 6) is 1.02. The summed E-state index contributed by atoms with van der Waals surface area (Å²) in [7, 11) is 0. The molecule has 3 aliphatic rings. The molecule has 2 bridgehead atoms. The second kappa shape index (κ2) is 5.31. The first-order chi connectivity index (χ1) is 10.3. The highest BCUT2D eigenvalue weighted by atomic mass is 32.1. The second-order valence-electron chi connectivity index (χ2n) is 5.71. The van der Waals surface area contributed by atoms with Crippen molar-refractivity contribution in [3.05, 3.63) is 35.4 Å². The molecule has 5 rings (SSSR count). The summed E-state index contributed by atoms with van der Waals surface area (Å²) in [4.78, 5) is 19.2. The van der Waals surface area contributed by atoms with Gasteiger partial charge in [0.1, 0.15) is 5.76 Å². The van der Waals surface area contributed by atoms with Crippen molar-refractivity contribution in [2.45, 2.75) is 18.9 Å². The minimum atomic E-state index is 0.187. The van der Waals surface area contributed by atoms with Crippen LogP contribution >= 0.6 is 11.3 Å². The number of thiophene rings is 1. The van der Waals surface area contributed by atoms with Crippen molar-refractivity contribution in [1.29, 1.82) is 0 Å². The van der Waals surface area contributed by atoms with E-state index < -0.39 is 0 Å². The normalized spacial score (nSPS) is 25.0. The van der Waals surface area contributed by atoms with Crippen LogP contribution in [0, 0.1) is 0 Å². The molecule has 1 amide bonds. The molecule has 4 nitrogen and oxygen atoms in total. The molecule has 0 spiro atoms. The predicted molar refractivity (Wildman–Crippen MR) is 82.5 cm³/mol. The molecule has 3 aliphatic heterocycles. The number of furan rings is 1. The van der Waals surface area contributed by atoms with Crippen molar-refractivity contribution < 1.29 is 9.21 Å². The average molecular weight is 302 g/mol. The molecule has 110 valence electrons. The molecule has 5 heteroatoms. The van der Waals surface area contributed by atoms with Crippen molar-refractivity contribution in [1.82, 2.24) is 9.80 Å². The Morgan fingerprint density at radius 3 is 2.76 bits per heavy atom. The minimum absolute atomic E-state index is 0.187. The molecule has 2 aromatic heterocycles. The third-order valence-electron chi connectivity index (χ3n) is 4.50. The first-order valence-corrected chi connectivity index (χ1v) is 8.30. The fourth-order valence-electron chi connectivity index (χ4n) is 3.30. The van der Waals surface area contributed by atoms with Crippen LogP contribution in [0.1, 0.15) is 22.5 Å². The zero-order valence-corrected chi connectivity index (χ0v) is 12.6. The highest BCUT2D eigenvalue weighted by Gasteiger charge is 2.32. The Bertz CT molecular complexity index is 627. The van der Waals surface area contributed by atoms with Gasteiger partial charge in [-0.15, -0.1) is 11.3 Å². The van der Waals surface area contributed by atoms with Gasteiger partial charge in [-0.05, 0) is 37.1 Å². The van der Waals surface area contributed by atoms with Crippen molar-refractivity contribution in [2.24, 2.45) is 0 Å². The van der Waals surface area contributed by atoms with Crippen LogP contribution < -0.4 is 0 Å². The van der Waals surface area contributed by atoms with Gasteiger partial charge >= 0.3 is 0 Å². The number of hydrogen-bond donors (Lipinski definition) is 0. The standard InChI is InChI=1S/C16H18N2O2S/c19-16(18-10-9-17-7-5-12(18)6-8-17)15-4-3-14(21-15)13-2-1-11-20-13/h1-4,11-12H,5-10H2. The molecule has 3 fully saturated rings. The highest BCUT2D eigenvalue weighted by molar-refractivity contribution is 7.17. The summed E-state index contributed by atoms with van der Waals surface area (Å²) in [6.07, 6.45) is 3.89. The number of piperidine rings is 1. The fraction of sp³-hybridized carbons (Fsp3) is 0.438. The van der Waals surface area contributed by atoms with Crippen molar-refractivity contribution >= 4 is 17.2 Å². The Balaban J connectivity index is 1.57. The molecule has 21 heavy (non-hydrogen) atoms. The molecule has 0 aromatic carbocycles. The van der Waals surface area contributed by atoms with Gasteiger partial charge in [0.15, 0.2) is 0 Å². The molecule has 0 atom stereocenters. The van der Waals surface area contributed by atoms with Gasteiger partial charge in [0.25, 0.3) is 5.91 Å². The number of carbonyl (C=O) groups excluding carboxylic acids is 1. The summed E-state index contributed by atoms with van der Waals surface area (Å²) in [6.45, 7) is 4.14. The lowest BCUT2D eigenvalue weighted by atomic mass is 10.1. The van der Waals surface area contributed by atoms with Gasteiger partial charge in [-0.2, -0.15) is 0 Å². The average Bonchev–Trinajstić information content (AvgIpc) is 3.12. The zero-order chi connectivity index (χ0) is 14.2. The molecule has 2 aromatic rings. The number of nitrogens with zero attached hydrogens (tertiary/aromatic N) is 2. The van der Waals surface area contributed by atoms with Gasteiger partial charge in [0, 0.05) is 32.2 Å². The maximum absolute atomic E-state index is 12.8. The van der Waals surface area contributed by atoms with Gasteiger partial charge in [-0.1, -0.05) is 0 Å². The van der Waals surface area contributed by atoms with E-state index in [9.17, 15) is 4.79 Å². The number of carbonyl (C=O) groups is 1. The summed E-state index contributed by atoms with van der Waals surface area (Å²) in [5, 5.41) is 0. The number of rotatable bonds is 2. The summed E-state index contributed by atoms with van der Waals surface area (Å²) in [5.41, 5.74) is 0. The smallest absolute Gasteiger partial charge is 0.264 e. The van der Waals surface area contributed by atoms with E-state index in [1.165, 1.54) is 11.3 Å². The van der Waals surface area contributed by atoms with Gasteiger partial charge < -0.3 is 14.2 Å². The number of fused-ring (bicyclic) bond motifs is 4. The largest absolute Gasteiger partial charge is 0.464 e. The van der Waals surface area contributed by atoms with Gasteiger partial charge in [-0.25, -0.2) is 0 Å². The van der Waals surface area contributed by atoms with Crippen LogP contribution in [0.3, 0.4) is 0 Å². The molecule has 0 unspecified atom stereocenters. The third-order valence-corrected chi connectivity index (χ3v) is 5.58. The number of amides is 1. The number of hydrogen-bond acceptors (Lipinski definition) is 4. The van der Waals surface area contributed by atoms with Gasteiger partial charge in [0.2, 0.25) is 0 Å². The molecular formula is C16H18N2O2S. The molecule has 0 saturated carbocycles. The highest BCUT2D eigenvalue weighted by Crippen LogP contribution is 2.30. The van der Waals surface area contributed by atoms with Crippen LogP contribution in [-0.2, 0) is 0 Å². The quantitative estimate of drug-likeness (QED) is 0.856. The molecule has 0 radical (unpaired) electrons. The lowest BCUT2D eigenvalue weighted by Crippen LogP contribution is -2.41. The molecular weight excluding hydrogens is 284 g/mol. The van der Waals surface area contributed by atoms with E-state index in [4.69, 9.17) is 4.42 Å². The van der Waals surface area contributed by atoms with Crippen LogP contribution in [0.15, 0.2) is 34.9 Å². The predicted octanol–water partition coefficient (Wildman–Crippen LogP) is 2.93. The van der Waals surface area contributed by atoms with Crippen LogP contribution in [0.2, 0.25) is 0 Å². The third kappa shape index (κ3) is 2.40. The molecule has 0 N–H and O–H groups in total. The second-order valence-corrected chi connectivity index (χ2v) is 6.80. The summed E-state index contributed by atoms with van der Waals surface area (Å²) >= 11 is 1.53. The summed E-state index contributed by atoms with van der Waals surface area (Å²) in [6, 6.07) is 8.14. The molecule has 0 aliphatic carbocycles. The monoisotopic (exact) mass is 302 g/mol. The first-order valence-electron chi connectivity index (χ1n) is 7.48. The van der Waals surface area contributed by atoms with E-state index in [1.54, 1.807) is 6.26 Å². The van der Waals surface area contributed by atoms with Crippen molar-refractivity contribution in [3.8, 4) is 10.6 Å². The van der Waals surface area contributed by atoms with Crippen LogP contribution in [-0.4, -0.2) is 47.9 Å². The topological polar surface area (TPSA) is 36.7 Å². The maximum Gasteiger partial charge on any atom is 0.264 e. The lowest BCUT2D eigenvalue weighted by Gasteiger charge is -2.31. The maximum atomic E-state index is 12.8. The summed E-state index contributed by atoms with van der Waals surface area (Å²) < 4.78 is 5.41. The minimum Gasteiger partial charge on any atom is -0.464 e. The lowest BCUT2D eigenvalue weighted by molar-refractivity contribution is 0.0690. The molecule has 5 heterocycles. The Morgan fingerprint density at radius 2 is 2.00 bits per heavy atom. The van der Waals surface area contributed by atoms with E-state index in [0.717, 1.165) is 54.5 Å². The zero-order valence-electron chi connectivity index (χ0n) is 11.8. The van der Waals surface area contributed by atoms with Crippen molar-refractivity contribution in [2.75, 3.05) is 26.2 Å². The molecule has 3 saturated heterocycles. The van der Waals surface area contributed by atoms with Gasteiger partial charge in [-0.3, -0.25) is 4.79 Å². The van der Waals surface area contributed by atoms with Crippen LogP contribution in [0.25, 0.3) is 10.6 Å². The Labute approximate surface area is 128 Å². The SMILES string of the molecule is O=C(c1ccc(-c2ccco2)s1)N1CCN2CCC1CC2. The Hall–Kier alpha value is -1.59. The van der Waals surface area contributed by atoms with E-state index in [0.29, 0.717) is 6.04 Å². The van der Waals surface area contributed by atoms with E-state index >= 15 is 0 Å². The first kappa shape index (κ1) is 13.1. The van der Waals surface area contributed by atoms with Crippen molar-refractivity contribution in [3.63, 3.8) is 0 Å². The van der Waals surface area contributed by atoms with E-state index in [1.807, 2.05) is 24.3 Å². The fourth-order valence-corrected chi connectivity index (χ4v) is 4.23. The van der Waals surface area contributed by atoms with E-state index in [-0.39, 0.29) is 5.91 Å². The Morgan fingerprint density at radius 1 is 1.14 bits per heavy atom.